The Kier molecular flexibility index (Phi) is 1.76. The van der Waals surface area contributed by atoms with Crippen molar-refractivity contribution in [1.82, 2.24) is 9.97 Å². The molecule has 0 radical (unpaired) electrons. The molecule has 0 aromatic carbocycles. The maximum Gasteiger partial charge on any atom is 0.355 e. The zero-order valence-corrected chi connectivity index (χ0v) is 8.24. The predicted molar refractivity (Wildman–Crippen MR) is 50.6 cm³/mol. The van der Waals surface area contributed by atoms with Gasteiger partial charge in [0.2, 0.25) is 5.91 Å². The Balaban J connectivity index is 2.72. The molecule has 1 aromatic heterocycles. The fraction of sp³-hybridized carbons (Fsp3) is 0.333. The average molecular weight is 207 g/mol. The third-order valence-corrected chi connectivity index (χ3v) is 2.47. The van der Waals surface area contributed by atoms with Crippen LogP contribution < -0.4 is 5.32 Å². The highest BCUT2D eigenvalue weighted by atomic mass is 16.4. The molecule has 2 N–H and O–H groups in total. The molecule has 0 bridgehead atoms. The van der Waals surface area contributed by atoms with Crippen LogP contribution in [0, 0.1) is 0 Å². The number of carboxylic acid groups (broad SMARTS) is 1. The van der Waals surface area contributed by atoms with E-state index in [1.54, 1.807) is 13.8 Å². The number of hydrogen-bond acceptors (Lipinski definition) is 4. The first-order valence-corrected chi connectivity index (χ1v) is 4.35. The molecule has 78 valence electrons. The number of anilines is 1. The SMILES string of the molecule is CC1(C)C(=O)Nc2ncnc(C(=O)O)c21. The summed E-state index contributed by atoms with van der Waals surface area (Å²) >= 11 is 0. The molecule has 0 atom stereocenters. The van der Waals surface area contributed by atoms with E-state index in [4.69, 9.17) is 5.11 Å². The van der Waals surface area contributed by atoms with E-state index >= 15 is 0 Å². The minimum atomic E-state index is -1.15. The van der Waals surface area contributed by atoms with Crippen LogP contribution in [0.2, 0.25) is 0 Å². The molecule has 0 unspecified atom stereocenters. The van der Waals surface area contributed by atoms with E-state index in [2.05, 4.69) is 15.3 Å². The van der Waals surface area contributed by atoms with Gasteiger partial charge in [-0.05, 0) is 13.8 Å². The summed E-state index contributed by atoms with van der Waals surface area (Å²) in [6.07, 6.45) is 1.13. The molecule has 6 heteroatoms. The van der Waals surface area contributed by atoms with E-state index in [0.29, 0.717) is 5.56 Å². The molecule has 6 nitrogen and oxygen atoms in total. The monoisotopic (exact) mass is 207 g/mol. The van der Waals surface area contributed by atoms with Gasteiger partial charge in [-0.25, -0.2) is 14.8 Å². The predicted octanol–water partition coefficient (Wildman–Crippen LogP) is 0.404. The second kappa shape index (κ2) is 2.75. The quantitative estimate of drug-likeness (QED) is 0.695. The lowest BCUT2D eigenvalue weighted by atomic mass is 9.86. The van der Waals surface area contributed by atoms with Crippen LogP contribution in [0.4, 0.5) is 5.82 Å². The molecule has 1 aromatic rings. The van der Waals surface area contributed by atoms with Gasteiger partial charge in [-0.1, -0.05) is 0 Å². The number of nitrogens with one attached hydrogen (secondary N) is 1. The third-order valence-electron chi connectivity index (χ3n) is 2.47. The molecule has 2 heterocycles. The van der Waals surface area contributed by atoms with Crippen LogP contribution in [0.3, 0.4) is 0 Å². The molecule has 0 saturated carbocycles. The van der Waals surface area contributed by atoms with E-state index < -0.39 is 11.4 Å². The summed E-state index contributed by atoms with van der Waals surface area (Å²) in [5.74, 6) is -1.13. The zero-order chi connectivity index (χ0) is 11.2. The van der Waals surface area contributed by atoms with Crippen LogP contribution in [-0.4, -0.2) is 27.0 Å². The van der Waals surface area contributed by atoms with Crippen molar-refractivity contribution in [2.24, 2.45) is 0 Å². The number of carbonyl (C=O) groups excluding carboxylic acids is 1. The molecular weight excluding hydrogens is 198 g/mol. The summed E-state index contributed by atoms with van der Waals surface area (Å²) in [6.45, 7) is 3.29. The Hall–Kier alpha value is -1.98. The summed E-state index contributed by atoms with van der Waals surface area (Å²) in [4.78, 5) is 30.0. The molecule has 2 rings (SSSR count). The number of carbonyl (C=O) groups is 2. The normalized spacial score (nSPS) is 17.1. The number of amides is 1. The van der Waals surface area contributed by atoms with Crippen molar-refractivity contribution >= 4 is 17.7 Å². The maximum atomic E-state index is 11.6. The largest absolute Gasteiger partial charge is 0.476 e. The van der Waals surface area contributed by atoms with Crippen molar-refractivity contribution in [2.75, 3.05) is 5.32 Å². The van der Waals surface area contributed by atoms with Gasteiger partial charge in [0.1, 0.15) is 12.1 Å². The molecule has 0 aliphatic carbocycles. The molecule has 0 fully saturated rings. The topological polar surface area (TPSA) is 92.2 Å². The van der Waals surface area contributed by atoms with Crippen LogP contribution in [-0.2, 0) is 10.2 Å². The first-order valence-electron chi connectivity index (χ1n) is 4.35. The first kappa shape index (κ1) is 9.57. The summed E-state index contributed by atoms with van der Waals surface area (Å²) in [5.41, 5.74) is -0.671. The molecule has 15 heavy (non-hydrogen) atoms. The van der Waals surface area contributed by atoms with E-state index in [1.807, 2.05) is 0 Å². The van der Waals surface area contributed by atoms with E-state index in [-0.39, 0.29) is 17.4 Å². The Morgan fingerprint density at radius 3 is 2.73 bits per heavy atom. The van der Waals surface area contributed by atoms with E-state index in [1.165, 1.54) is 0 Å². The van der Waals surface area contributed by atoms with Gasteiger partial charge < -0.3 is 10.4 Å². The third kappa shape index (κ3) is 1.18. The Labute approximate surface area is 85.4 Å². The molecular formula is C9H9N3O3. The molecule has 1 aliphatic heterocycles. The zero-order valence-electron chi connectivity index (χ0n) is 8.24. The van der Waals surface area contributed by atoms with Crippen molar-refractivity contribution in [1.29, 1.82) is 0 Å². The second-order valence-corrected chi connectivity index (χ2v) is 3.83. The summed E-state index contributed by atoms with van der Waals surface area (Å²) in [6, 6.07) is 0. The maximum absolute atomic E-state index is 11.6. The first-order chi connectivity index (χ1) is 6.94. The van der Waals surface area contributed by atoms with Crippen molar-refractivity contribution in [3.8, 4) is 0 Å². The number of fused-ring (bicyclic) bond motifs is 1. The fourth-order valence-corrected chi connectivity index (χ4v) is 1.61. The molecule has 1 amide bonds. The van der Waals surface area contributed by atoms with Gasteiger partial charge in [0, 0.05) is 5.56 Å². The van der Waals surface area contributed by atoms with Gasteiger partial charge in [-0.3, -0.25) is 4.79 Å². The summed E-state index contributed by atoms with van der Waals surface area (Å²) in [7, 11) is 0. The van der Waals surface area contributed by atoms with Crippen LogP contribution >= 0.6 is 0 Å². The lowest BCUT2D eigenvalue weighted by molar-refractivity contribution is -0.119. The lowest BCUT2D eigenvalue weighted by Gasteiger charge is -2.15. The summed E-state index contributed by atoms with van der Waals surface area (Å²) < 4.78 is 0. The van der Waals surface area contributed by atoms with Crippen LogP contribution in [0.5, 0.6) is 0 Å². The second-order valence-electron chi connectivity index (χ2n) is 3.83. The van der Waals surface area contributed by atoms with Crippen molar-refractivity contribution in [3.63, 3.8) is 0 Å². The fourth-order valence-electron chi connectivity index (χ4n) is 1.61. The Morgan fingerprint density at radius 1 is 1.47 bits per heavy atom. The highest BCUT2D eigenvalue weighted by Crippen LogP contribution is 2.37. The average Bonchev–Trinajstić information content (AvgIpc) is 2.38. The van der Waals surface area contributed by atoms with Crippen molar-refractivity contribution in [2.45, 2.75) is 19.3 Å². The Bertz CT molecular complexity index is 468. The highest BCUT2D eigenvalue weighted by molar-refractivity contribution is 6.07. The van der Waals surface area contributed by atoms with Gasteiger partial charge in [-0.15, -0.1) is 0 Å². The van der Waals surface area contributed by atoms with Gasteiger partial charge in [-0.2, -0.15) is 0 Å². The number of rotatable bonds is 1. The van der Waals surface area contributed by atoms with E-state index in [0.717, 1.165) is 6.33 Å². The summed E-state index contributed by atoms with van der Waals surface area (Å²) in [5, 5.41) is 11.5. The van der Waals surface area contributed by atoms with Gasteiger partial charge in [0.25, 0.3) is 0 Å². The van der Waals surface area contributed by atoms with Crippen LogP contribution in [0.15, 0.2) is 6.33 Å². The van der Waals surface area contributed by atoms with Crippen LogP contribution in [0.25, 0.3) is 0 Å². The number of carboxylic acids is 1. The van der Waals surface area contributed by atoms with Crippen molar-refractivity contribution in [3.05, 3.63) is 17.6 Å². The molecule has 0 spiro atoms. The van der Waals surface area contributed by atoms with Crippen LogP contribution in [0.1, 0.15) is 29.9 Å². The molecule has 1 aliphatic rings. The molecule has 0 saturated heterocycles. The van der Waals surface area contributed by atoms with Gasteiger partial charge in [0.15, 0.2) is 5.69 Å². The number of aromatic nitrogens is 2. The Morgan fingerprint density at radius 2 is 2.13 bits per heavy atom. The highest BCUT2D eigenvalue weighted by Gasteiger charge is 2.43. The van der Waals surface area contributed by atoms with Crippen molar-refractivity contribution < 1.29 is 14.7 Å². The lowest BCUT2D eigenvalue weighted by Crippen LogP contribution is -2.28. The minimum Gasteiger partial charge on any atom is -0.476 e. The van der Waals surface area contributed by atoms with E-state index in [9.17, 15) is 9.59 Å². The number of nitrogens with zero attached hydrogens (tertiary/aromatic N) is 2. The minimum absolute atomic E-state index is 0.122. The number of hydrogen-bond donors (Lipinski definition) is 2. The van der Waals surface area contributed by atoms with Gasteiger partial charge >= 0.3 is 5.97 Å². The van der Waals surface area contributed by atoms with Gasteiger partial charge in [0.05, 0.1) is 5.41 Å². The standard InChI is InChI=1S/C9H9N3O3/c1-9(2)4-5(7(13)14)10-3-11-6(4)12-8(9)15/h3H,1-2H3,(H,13,14)(H,10,11,12,15). The number of aromatic carboxylic acids is 1. The smallest absolute Gasteiger partial charge is 0.355 e.